The zero-order valence-electron chi connectivity index (χ0n) is 17.8. The van der Waals surface area contributed by atoms with E-state index in [1.807, 2.05) is 19.0 Å². The number of anilines is 1. The average molecular weight is 417 g/mol. The highest BCUT2D eigenvalue weighted by molar-refractivity contribution is 5.97. The lowest BCUT2D eigenvalue weighted by atomic mass is 10.00. The number of pyridine rings is 1. The van der Waals surface area contributed by atoms with Gasteiger partial charge >= 0.3 is 5.97 Å². The van der Waals surface area contributed by atoms with Crippen LogP contribution in [-0.4, -0.2) is 60.9 Å². The molecule has 1 aromatic carbocycles. The van der Waals surface area contributed by atoms with E-state index in [1.165, 1.54) is 19.4 Å². The van der Waals surface area contributed by atoms with Gasteiger partial charge in [0.1, 0.15) is 11.3 Å². The van der Waals surface area contributed by atoms with Crippen molar-refractivity contribution in [3.8, 4) is 5.75 Å². The van der Waals surface area contributed by atoms with Gasteiger partial charge in [-0.25, -0.2) is 9.18 Å². The molecule has 0 amide bonds. The Bertz CT molecular complexity index is 1060. The van der Waals surface area contributed by atoms with Crippen molar-refractivity contribution < 1.29 is 19.0 Å². The fourth-order valence-electron chi connectivity index (χ4n) is 4.53. The van der Waals surface area contributed by atoms with Gasteiger partial charge in [-0.05, 0) is 52.3 Å². The van der Waals surface area contributed by atoms with Crippen LogP contribution in [0.5, 0.6) is 5.75 Å². The fourth-order valence-corrected chi connectivity index (χ4v) is 4.53. The summed E-state index contributed by atoms with van der Waals surface area (Å²) in [5, 5.41) is 9.50. The number of aromatic nitrogens is 1. The molecule has 2 heterocycles. The highest BCUT2D eigenvalue weighted by Gasteiger charge is 2.34. The molecule has 8 heteroatoms. The number of rotatable bonds is 6. The number of carboxylic acids is 1. The van der Waals surface area contributed by atoms with Gasteiger partial charge in [0.25, 0.3) is 0 Å². The Hall–Kier alpha value is -2.61. The van der Waals surface area contributed by atoms with Crippen molar-refractivity contribution in [3.63, 3.8) is 0 Å². The zero-order valence-corrected chi connectivity index (χ0v) is 17.8. The molecule has 1 saturated carbocycles. The van der Waals surface area contributed by atoms with Crippen LogP contribution in [0, 0.1) is 11.7 Å². The second-order valence-corrected chi connectivity index (χ2v) is 8.65. The fraction of sp³-hybridized carbons (Fsp3) is 0.545. The molecule has 2 fully saturated rings. The molecular weight excluding hydrogens is 389 g/mol. The van der Waals surface area contributed by atoms with Gasteiger partial charge in [0.05, 0.1) is 18.0 Å². The van der Waals surface area contributed by atoms with Gasteiger partial charge in [-0.15, -0.1) is 0 Å². The van der Waals surface area contributed by atoms with Crippen LogP contribution in [0.3, 0.4) is 0 Å². The largest absolute Gasteiger partial charge is 0.492 e. The molecule has 30 heavy (non-hydrogen) atoms. The molecule has 0 bridgehead atoms. The zero-order chi connectivity index (χ0) is 21.7. The number of halogens is 1. The Kier molecular flexibility index (Phi) is 5.22. The second kappa shape index (κ2) is 7.58. The lowest BCUT2D eigenvalue weighted by Crippen LogP contribution is -2.34. The van der Waals surface area contributed by atoms with E-state index in [9.17, 15) is 14.7 Å². The lowest BCUT2D eigenvalue weighted by molar-refractivity contribution is 0.0695. The Morgan fingerprint density at radius 2 is 2.03 bits per heavy atom. The first kappa shape index (κ1) is 20.7. The molecule has 1 aliphatic carbocycles. The van der Waals surface area contributed by atoms with Gasteiger partial charge in [-0.3, -0.25) is 4.79 Å². The van der Waals surface area contributed by atoms with E-state index in [-0.39, 0.29) is 17.0 Å². The molecule has 4 rings (SSSR count). The SMILES string of the molecule is COc1c(N2CCC(C(C)N(C)C)C2)c(F)cc2c(=O)c(C(=O)O)cn(C3CC3)c12. The summed E-state index contributed by atoms with van der Waals surface area (Å²) in [5.74, 6) is -1.16. The molecule has 2 unspecified atom stereocenters. The number of benzene rings is 1. The molecule has 1 N–H and O–H groups in total. The number of ether oxygens (including phenoxy) is 1. The third kappa shape index (κ3) is 3.33. The molecule has 2 aromatic rings. The van der Waals surface area contributed by atoms with Crippen molar-refractivity contribution >= 4 is 22.6 Å². The van der Waals surface area contributed by atoms with Gasteiger partial charge in [0.15, 0.2) is 11.6 Å². The van der Waals surface area contributed by atoms with E-state index >= 15 is 4.39 Å². The van der Waals surface area contributed by atoms with Gasteiger partial charge in [0, 0.05) is 31.4 Å². The highest BCUT2D eigenvalue weighted by Crippen LogP contribution is 2.44. The first-order valence-corrected chi connectivity index (χ1v) is 10.3. The van der Waals surface area contributed by atoms with E-state index in [2.05, 4.69) is 11.8 Å². The van der Waals surface area contributed by atoms with Gasteiger partial charge in [0.2, 0.25) is 5.43 Å². The van der Waals surface area contributed by atoms with E-state index in [0.29, 0.717) is 42.0 Å². The Labute approximate surface area is 174 Å². The van der Waals surface area contributed by atoms with Crippen LogP contribution in [0.1, 0.15) is 42.6 Å². The van der Waals surface area contributed by atoms with Crippen LogP contribution in [0.25, 0.3) is 10.9 Å². The molecular formula is C22H28FN3O4. The monoisotopic (exact) mass is 417 g/mol. The maximum absolute atomic E-state index is 15.3. The van der Waals surface area contributed by atoms with Crippen LogP contribution in [0.2, 0.25) is 0 Å². The van der Waals surface area contributed by atoms with Crippen molar-refractivity contribution in [2.75, 3.05) is 39.2 Å². The van der Waals surface area contributed by atoms with Crippen LogP contribution in [0.4, 0.5) is 10.1 Å². The van der Waals surface area contributed by atoms with E-state index in [4.69, 9.17) is 4.74 Å². The summed E-state index contributed by atoms with van der Waals surface area (Å²) in [7, 11) is 5.55. The number of carbonyl (C=O) groups is 1. The first-order chi connectivity index (χ1) is 14.2. The number of nitrogens with zero attached hydrogens (tertiary/aromatic N) is 3. The molecule has 1 saturated heterocycles. The number of hydrogen-bond acceptors (Lipinski definition) is 5. The van der Waals surface area contributed by atoms with Crippen LogP contribution < -0.4 is 15.1 Å². The smallest absolute Gasteiger partial charge is 0.341 e. The quantitative estimate of drug-likeness (QED) is 0.779. The number of aromatic carboxylic acids is 1. The molecule has 0 spiro atoms. The molecule has 1 aromatic heterocycles. The number of fused-ring (bicyclic) bond motifs is 1. The summed E-state index contributed by atoms with van der Waals surface area (Å²) in [6.45, 7) is 3.56. The van der Waals surface area contributed by atoms with E-state index in [1.54, 1.807) is 4.57 Å². The second-order valence-electron chi connectivity index (χ2n) is 8.65. The molecule has 2 atom stereocenters. The summed E-state index contributed by atoms with van der Waals surface area (Å²) in [6, 6.07) is 1.63. The minimum atomic E-state index is -1.31. The highest BCUT2D eigenvalue weighted by atomic mass is 19.1. The Balaban J connectivity index is 1.89. The molecule has 0 radical (unpaired) electrons. The van der Waals surface area contributed by atoms with Gasteiger partial charge in [-0.1, -0.05) is 0 Å². The standard InChI is InChI=1S/C22H28FN3O4/c1-12(24(2)3)13-7-8-25(10-13)19-17(23)9-15-18(21(19)30-4)26(14-5-6-14)11-16(20(15)27)22(28)29/h9,11-14H,5-8,10H2,1-4H3,(H,28,29). The summed E-state index contributed by atoms with van der Waals surface area (Å²) in [4.78, 5) is 28.5. The van der Waals surface area contributed by atoms with Crippen molar-refractivity contribution in [1.82, 2.24) is 9.47 Å². The van der Waals surface area contributed by atoms with E-state index < -0.39 is 17.2 Å². The summed E-state index contributed by atoms with van der Waals surface area (Å²) in [5.41, 5.74) is -0.186. The Morgan fingerprint density at radius 3 is 2.60 bits per heavy atom. The number of carboxylic acid groups (broad SMARTS) is 1. The predicted octanol–water partition coefficient (Wildman–Crippen LogP) is 2.96. The van der Waals surface area contributed by atoms with Crippen molar-refractivity contribution in [1.29, 1.82) is 0 Å². The third-order valence-electron chi connectivity index (χ3n) is 6.61. The van der Waals surface area contributed by atoms with Gasteiger partial charge in [-0.2, -0.15) is 0 Å². The van der Waals surface area contributed by atoms with Crippen LogP contribution in [-0.2, 0) is 0 Å². The molecule has 1 aliphatic heterocycles. The maximum atomic E-state index is 15.3. The van der Waals surface area contributed by atoms with Crippen molar-refractivity contribution in [3.05, 3.63) is 33.9 Å². The van der Waals surface area contributed by atoms with Gasteiger partial charge < -0.3 is 24.2 Å². The third-order valence-corrected chi connectivity index (χ3v) is 6.61. The molecule has 162 valence electrons. The minimum Gasteiger partial charge on any atom is -0.492 e. The Morgan fingerprint density at radius 1 is 1.33 bits per heavy atom. The lowest BCUT2D eigenvalue weighted by Gasteiger charge is -2.28. The summed E-state index contributed by atoms with van der Waals surface area (Å²) in [6.07, 6.45) is 4.10. The van der Waals surface area contributed by atoms with Crippen LogP contribution >= 0.6 is 0 Å². The molecule has 7 nitrogen and oxygen atoms in total. The number of methoxy groups -OCH3 is 1. The maximum Gasteiger partial charge on any atom is 0.341 e. The summed E-state index contributed by atoms with van der Waals surface area (Å²) >= 11 is 0. The topological polar surface area (TPSA) is 75.0 Å². The van der Waals surface area contributed by atoms with Crippen molar-refractivity contribution in [2.24, 2.45) is 5.92 Å². The van der Waals surface area contributed by atoms with E-state index in [0.717, 1.165) is 19.3 Å². The van der Waals surface area contributed by atoms with Crippen LogP contribution in [0.15, 0.2) is 17.1 Å². The normalized spacial score (nSPS) is 20.2. The average Bonchev–Trinajstić information content (AvgIpc) is 3.43. The summed E-state index contributed by atoms with van der Waals surface area (Å²) < 4.78 is 22.8. The molecule has 2 aliphatic rings. The van der Waals surface area contributed by atoms with Crippen molar-refractivity contribution in [2.45, 2.75) is 38.3 Å². The predicted molar refractivity (Wildman–Crippen MR) is 113 cm³/mol. The first-order valence-electron chi connectivity index (χ1n) is 10.3. The number of hydrogen-bond donors (Lipinski definition) is 1. The minimum absolute atomic E-state index is 0.0531.